The fraction of sp³-hybridized carbons (Fsp3) is 0.370. The van der Waals surface area contributed by atoms with E-state index in [9.17, 15) is 8.42 Å². The third kappa shape index (κ3) is 5.59. The largest absolute Gasteiger partial charge is 0.490 e. The van der Waals surface area contributed by atoms with Gasteiger partial charge < -0.3 is 9.47 Å². The number of hydrogen-bond donors (Lipinski definition) is 0. The van der Waals surface area contributed by atoms with Gasteiger partial charge >= 0.3 is 0 Å². The monoisotopic (exact) mass is 478 g/mol. The molecule has 7 heteroatoms. The third-order valence-corrected chi connectivity index (χ3v) is 7.47. The number of likely N-dealkylation sites (tertiary alicyclic amines) is 1. The number of hydrogen-bond acceptors (Lipinski definition) is 6. The summed E-state index contributed by atoms with van der Waals surface area (Å²) >= 11 is 0. The van der Waals surface area contributed by atoms with E-state index in [0.717, 1.165) is 48.5 Å². The van der Waals surface area contributed by atoms with Gasteiger partial charge in [0.2, 0.25) is 0 Å². The molecular formula is C27H30N2O4S. The first-order valence-corrected chi connectivity index (χ1v) is 13.7. The van der Waals surface area contributed by atoms with E-state index in [2.05, 4.69) is 34.1 Å². The Bertz CT molecular complexity index is 1200. The van der Waals surface area contributed by atoms with Crippen molar-refractivity contribution in [3.05, 3.63) is 72.4 Å². The van der Waals surface area contributed by atoms with Crippen molar-refractivity contribution in [2.45, 2.75) is 49.5 Å². The predicted molar refractivity (Wildman–Crippen MR) is 132 cm³/mol. The molecule has 1 saturated carbocycles. The second kappa shape index (κ2) is 9.76. The van der Waals surface area contributed by atoms with Gasteiger partial charge in [0.05, 0.1) is 6.10 Å². The van der Waals surface area contributed by atoms with Crippen LogP contribution in [-0.2, 0) is 16.4 Å². The Morgan fingerprint density at radius 1 is 0.824 bits per heavy atom. The number of benzene rings is 2. The van der Waals surface area contributed by atoms with Crippen LogP contribution in [0.25, 0.3) is 11.1 Å². The standard InChI is InChI=1S/C27H30N2O4S/c1-34(30,31)27-15-10-22(16-28-27)21-8-13-25(14-9-21)33-26-18-29(19-26)17-20-6-11-24(12-7-20)32-23-4-2-3-5-23/h6-16,23,26H,2-5,17-19H2,1H3. The van der Waals surface area contributed by atoms with E-state index >= 15 is 0 Å². The van der Waals surface area contributed by atoms with Crippen molar-refractivity contribution in [1.29, 1.82) is 0 Å². The summed E-state index contributed by atoms with van der Waals surface area (Å²) in [6.45, 7) is 2.72. The van der Waals surface area contributed by atoms with Gasteiger partial charge in [0.1, 0.15) is 17.6 Å². The first kappa shape index (κ1) is 22.9. The van der Waals surface area contributed by atoms with Crippen molar-refractivity contribution in [2.24, 2.45) is 0 Å². The third-order valence-electron chi connectivity index (χ3n) is 6.46. The number of nitrogens with zero attached hydrogens (tertiary/aromatic N) is 2. The van der Waals surface area contributed by atoms with E-state index in [1.807, 2.05) is 24.3 Å². The Kier molecular flexibility index (Phi) is 6.57. The first-order valence-electron chi connectivity index (χ1n) is 11.8. The van der Waals surface area contributed by atoms with Gasteiger partial charge in [-0.25, -0.2) is 13.4 Å². The van der Waals surface area contributed by atoms with Crippen LogP contribution in [0.2, 0.25) is 0 Å². The molecule has 2 fully saturated rings. The highest BCUT2D eigenvalue weighted by molar-refractivity contribution is 7.90. The Balaban J connectivity index is 1.08. The van der Waals surface area contributed by atoms with Crippen LogP contribution < -0.4 is 9.47 Å². The Morgan fingerprint density at radius 3 is 2.00 bits per heavy atom. The molecule has 1 aromatic heterocycles. The lowest BCUT2D eigenvalue weighted by Crippen LogP contribution is -2.53. The molecule has 0 radical (unpaired) electrons. The molecule has 34 heavy (non-hydrogen) atoms. The molecule has 0 bridgehead atoms. The maximum atomic E-state index is 11.6. The maximum absolute atomic E-state index is 11.6. The molecular weight excluding hydrogens is 448 g/mol. The summed E-state index contributed by atoms with van der Waals surface area (Å²) in [5, 5.41) is 0.0825. The summed E-state index contributed by atoms with van der Waals surface area (Å²) < 4.78 is 35.3. The minimum atomic E-state index is -3.29. The minimum absolute atomic E-state index is 0.0825. The molecule has 0 unspecified atom stereocenters. The second-order valence-electron chi connectivity index (χ2n) is 9.28. The summed E-state index contributed by atoms with van der Waals surface area (Å²) in [7, 11) is -3.29. The van der Waals surface area contributed by atoms with Gasteiger partial charge in [-0.05, 0) is 73.2 Å². The van der Waals surface area contributed by atoms with E-state index in [0.29, 0.717) is 6.10 Å². The van der Waals surface area contributed by atoms with Crippen molar-refractivity contribution in [3.8, 4) is 22.6 Å². The summed E-state index contributed by atoms with van der Waals surface area (Å²) in [5.41, 5.74) is 3.13. The normalized spacial score (nSPS) is 17.4. The average Bonchev–Trinajstić information content (AvgIpc) is 3.32. The van der Waals surface area contributed by atoms with E-state index in [1.54, 1.807) is 12.3 Å². The van der Waals surface area contributed by atoms with Crippen LogP contribution in [0.4, 0.5) is 0 Å². The molecule has 3 aromatic rings. The van der Waals surface area contributed by atoms with Crippen molar-refractivity contribution in [2.75, 3.05) is 19.3 Å². The zero-order valence-electron chi connectivity index (χ0n) is 19.4. The van der Waals surface area contributed by atoms with Crippen molar-refractivity contribution < 1.29 is 17.9 Å². The molecule has 1 aliphatic heterocycles. The van der Waals surface area contributed by atoms with Crippen LogP contribution in [0.3, 0.4) is 0 Å². The Labute approximate surface area is 201 Å². The zero-order valence-corrected chi connectivity index (χ0v) is 20.2. The van der Waals surface area contributed by atoms with Gasteiger partial charge in [0.15, 0.2) is 14.9 Å². The van der Waals surface area contributed by atoms with E-state index in [-0.39, 0.29) is 11.1 Å². The molecule has 1 aliphatic carbocycles. The lowest BCUT2D eigenvalue weighted by molar-refractivity contribution is 0.0146. The number of pyridine rings is 1. The Hall–Kier alpha value is -2.90. The highest BCUT2D eigenvalue weighted by atomic mass is 32.2. The van der Waals surface area contributed by atoms with Crippen molar-refractivity contribution >= 4 is 9.84 Å². The van der Waals surface area contributed by atoms with Crippen LogP contribution in [0.5, 0.6) is 11.5 Å². The molecule has 6 nitrogen and oxygen atoms in total. The summed E-state index contributed by atoms with van der Waals surface area (Å²) in [6.07, 6.45) is 8.24. The van der Waals surface area contributed by atoms with Gasteiger partial charge in [-0.3, -0.25) is 4.90 Å². The van der Waals surface area contributed by atoms with Gasteiger partial charge in [0, 0.05) is 37.7 Å². The molecule has 2 heterocycles. The van der Waals surface area contributed by atoms with E-state index in [4.69, 9.17) is 9.47 Å². The Morgan fingerprint density at radius 2 is 1.41 bits per heavy atom. The molecule has 0 amide bonds. The maximum Gasteiger partial charge on any atom is 0.192 e. The van der Waals surface area contributed by atoms with Crippen LogP contribution in [0, 0.1) is 0 Å². The van der Waals surface area contributed by atoms with Gasteiger partial charge in [-0.2, -0.15) is 0 Å². The lowest BCUT2D eigenvalue weighted by Gasteiger charge is -2.39. The average molecular weight is 479 g/mol. The lowest BCUT2D eigenvalue weighted by atomic mass is 10.1. The fourth-order valence-electron chi connectivity index (χ4n) is 4.55. The number of rotatable bonds is 8. The van der Waals surface area contributed by atoms with E-state index in [1.165, 1.54) is 37.3 Å². The van der Waals surface area contributed by atoms with Gasteiger partial charge in [-0.15, -0.1) is 0 Å². The topological polar surface area (TPSA) is 68.7 Å². The highest BCUT2D eigenvalue weighted by Gasteiger charge is 2.28. The SMILES string of the molecule is CS(=O)(=O)c1ccc(-c2ccc(OC3CN(Cc4ccc(OC5CCCC5)cc4)C3)cc2)cn1. The first-order chi connectivity index (χ1) is 16.4. The van der Waals surface area contributed by atoms with Crippen LogP contribution in [0.1, 0.15) is 31.2 Å². The fourth-order valence-corrected chi connectivity index (χ4v) is 5.10. The zero-order chi connectivity index (χ0) is 23.5. The molecule has 0 atom stereocenters. The van der Waals surface area contributed by atoms with E-state index < -0.39 is 9.84 Å². The molecule has 178 valence electrons. The number of ether oxygens (including phenoxy) is 2. The quantitative estimate of drug-likeness (QED) is 0.466. The summed E-state index contributed by atoms with van der Waals surface area (Å²) in [6, 6.07) is 19.7. The molecule has 0 N–H and O–H groups in total. The van der Waals surface area contributed by atoms with Gasteiger partial charge in [-0.1, -0.05) is 24.3 Å². The highest BCUT2D eigenvalue weighted by Crippen LogP contribution is 2.27. The van der Waals surface area contributed by atoms with Gasteiger partial charge in [0.25, 0.3) is 0 Å². The molecule has 2 aliphatic rings. The summed E-state index contributed by atoms with van der Waals surface area (Å²) in [4.78, 5) is 6.43. The number of aromatic nitrogens is 1. The smallest absolute Gasteiger partial charge is 0.192 e. The minimum Gasteiger partial charge on any atom is -0.490 e. The summed E-state index contributed by atoms with van der Waals surface area (Å²) in [5.74, 6) is 1.81. The predicted octanol–water partition coefficient (Wildman–Crippen LogP) is 4.74. The number of sulfone groups is 1. The van der Waals surface area contributed by atoms with Crippen molar-refractivity contribution in [3.63, 3.8) is 0 Å². The molecule has 1 saturated heterocycles. The van der Waals surface area contributed by atoms with Crippen LogP contribution in [0.15, 0.2) is 71.9 Å². The second-order valence-corrected chi connectivity index (χ2v) is 11.2. The molecule has 5 rings (SSSR count). The molecule has 0 spiro atoms. The van der Waals surface area contributed by atoms with Crippen molar-refractivity contribution in [1.82, 2.24) is 9.88 Å². The van der Waals surface area contributed by atoms with Crippen LogP contribution >= 0.6 is 0 Å². The molecule has 2 aromatic carbocycles. The van der Waals surface area contributed by atoms with Crippen LogP contribution in [-0.4, -0.2) is 49.9 Å².